The smallest absolute Gasteiger partial charge is 0.127 e. The molecule has 0 spiro atoms. The SMILES string of the molecule is [CH2]C(F)c1ccccc1Cl. The standard InChI is InChI=1S/C8H7ClF/c1-6(10)7-4-2-3-5-8(7)9/h2-6H,1H2. The summed E-state index contributed by atoms with van der Waals surface area (Å²) in [5.41, 5.74) is 0.448. The number of halogens is 2. The van der Waals surface area contributed by atoms with Gasteiger partial charge in [0.2, 0.25) is 0 Å². The van der Waals surface area contributed by atoms with Gasteiger partial charge in [-0.2, -0.15) is 0 Å². The average Bonchev–Trinajstić information content (AvgIpc) is 1.88. The summed E-state index contributed by atoms with van der Waals surface area (Å²) >= 11 is 5.64. The Balaban J connectivity index is 3.03. The van der Waals surface area contributed by atoms with Crippen molar-refractivity contribution in [1.82, 2.24) is 0 Å². The predicted octanol–water partition coefficient (Wildman–Crippen LogP) is 3.18. The van der Waals surface area contributed by atoms with Crippen LogP contribution < -0.4 is 0 Å². The summed E-state index contributed by atoms with van der Waals surface area (Å²) in [4.78, 5) is 0. The molecule has 1 radical (unpaired) electrons. The molecule has 0 amide bonds. The lowest BCUT2D eigenvalue weighted by Gasteiger charge is -2.02. The summed E-state index contributed by atoms with van der Waals surface area (Å²) in [5.74, 6) is 0. The highest BCUT2D eigenvalue weighted by molar-refractivity contribution is 6.31. The Bertz CT molecular complexity index is 220. The minimum Gasteiger partial charge on any atom is -0.242 e. The van der Waals surface area contributed by atoms with E-state index >= 15 is 0 Å². The summed E-state index contributed by atoms with van der Waals surface area (Å²) in [6, 6.07) is 6.77. The van der Waals surface area contributed by atoms with Crippen LogP contribution in [0.3, 0.4) is 0 Å². The van der Waals surface area contributed by atoms with Crippen molar-refractivity contribution in [3.8, 4) is 0 Å². The van der Waals surface area contributed by atoms with Gasteiger partial charge in [0.25, 0.3) is 0 Å². The van der Waals surface area contributed by atoms with Gasteiger partial charge in [-0.15, -0.1) is 0 Å². The van der Waals surface area contributed by atoms with E-state index in [0.29, 0.717) is 10.6 Å². The maximum Gasteiger partial charge on any atom is 0.127 e. The Hall–Kier alpha value is -0.560. The monoisotopic (exact) mass is 157 g/mol. The van der Waals surface area contributed by atoms with Crippen molar-refractivity contribution in [1.29, 1.82) is 0 Å². The second-order valence-corrected chi connectivity index (χ2v) is 2.40. The Labute approximate surface area is 64.6 Å². The second-order valence-electron chi connectivity index (χ2n) is 1.99. The third-order valence-corrected chi connectivity index (χ3v) is 1.59. The molecule has 0 fully saturated rings. The van der Waals surface area contributed by atoms with Crippen molar-refractivity contribution < 1.29 is 4.39 Å². The minimum absolute atomic E-state index is 0.435. The van der Waals surface area contributed by atoms with E-state index in [2.05, 4.69) is 6.92 Å². The highest BCUT2D eigenvalue weighted by atomic mass is 35.5. The van der Waals surface area contributed by atoms with Crippen LogP contribution in [0.1, 0.15) is 11.7 Å². The summed E-state index contributed by atoms with van der Waals surface area (Å²) in [5, 5.41) is 0.435. The van der Waals surface area contributed by atoms with Crippen molar-refractivity contribution in [2.45, 2.75) is 6.17 Å². The first kappa shape index (κ1) is 7.55. The molecule has 0 aliphatic carbocycles. The number of benzene rings is 1. The van der Waals surface area contributed by atoms with Crippen LogP contribution in [0.2, 0.25) is 5.02 Å². The topological polar surface area (TPSA) is 0 Å². The van der Waals surface area contributed by atoms with Crippen LogP contribution in [0.25, 0.3) is 0 Å². The molecule has 2 heteroatoms. The van der Waals surface area contributed by atoms with E-state index in [1.807, 2.05) is 0 Å². The van der Waals surface area contributed by atoms with Gasteiger partial charge >= 0.3 is 0 Å². The molecule has 0 N–H and O–H groups in total. The van der Waals surface area contributed by atoms with E-state index < -0.39 is 6.17 Å². The molecule has 53 valence electrons. The second kappa shape index (κ2) is 3.02. The maximum absolute atomic E-state index is 12.5. The Morgan fingerprint density at radius 1 is 1.40 bits per heavy atom. The van der Waals surface area contributed by atoms with Gasteiger partial charge in [-0.3, -0.25) is 0 Å². The van der Waals surface area contributed by atoms with Gasteiger partial charge in [0, 0.05) is 10.6 Å². The summed E-state index contributed by atoms with van der Waals surface area (Å²) in [6.45, 7) is 3.22. The highest BCUT2D eigenvalue weighted by Crippen LogP contribution is 2.23. The molecule has 1 aromatic carbocycles. The highest BCUT2D eigenvalue weighted by Gasteiger charge is 2.05. The molecule has 1 aromatic rings. The van der Waals surface area contributed by atoms with Crippen LogP contribution in [-0.2, 0) is 0 Å². The molecule has 0 nitrogen and oxygen atoms in total. The van der Waals surface area contributed by atoms with Crippen molar-refractivity contribution in [2.24, 2.45) is 0 Å². The quantitative estimate of drug-likeness (QED) is 0.588. The van der Waals surface area contributed by atoms with Crippen LogP contribution in [0.4, 0.5) is 4.39 Å². The van der Waals surface area contributed by atoms with Gasteiger partial charge in [0.05, 0.1) is 0 Å². The molecule has 0 saturated carbocycles. The van der Waals surface area contributed by atoms with Gasteiger partial charge in [-0.1, -0.05) is 29.8 Å². The van der Waals surface area contributed by atoms with Crippen molar-refractivity contribution >= 4 is 11.6 Å². The molecule has 1 atom stereocenters. The summed E-state index contributed by atoms with van der Waals surface area (Å²) in [7, 11) is 0. The minimum atomic E-state index is -1.23. The molecule has 1 rings (SSSR count). The fourth-order valence-corrected chi connectivity index (χ4v) is 0.983. The van der Waals surface area contributed by atoms with E-state index in [4.69, 9.17) is 11.6 Å². The molecule has 0 aromatic heterocycles. The van der Waals surface area contributed by atoms with Crippen LogP contribution in [0, 0.1) is 6.92 Å². The zero-order chi connectivity index (χ0) is 7.56. The van der Waals surface area contributed by atoms with Gasteiger partial charge in [-0.25, -0.2) is 4.39 Å². The van der Waals surface area contributed by atoms with E-state index in [-0.39, 0.29) is 0 Å². The first-order valence-electron chi connectivity index (χ1n) is 2.93. The lowest BCUT2D eigenvalue weighted by molar-refractivity contribution is 0.411. The first-order valence-corrected chi connectivity index (χ1v) is 3.31. The van der Waals surface area contributed by atoms with Crippen LogP contribution in [-0.4, -0.2) is 0 Å². The fourth-order valence-electron chi connectivity index (χ4n) is 0.729. The predicted molar refractivity (Wildman–Crippen MR) is 40.7 cm³/mol. The largest absolute Gasteiger partial charge is 0.242 e. The van der Waals surface area contributed by atoms with Crippen molar-refractivity contribution in [3.05, 3.63) is 41.8 Å². The van der Waals surface area contributed by atoms with E-state index in [1.54, 1.807) is 24.3 Å². The molecule has 0 aliphatic heterocycles. The molecule has 0 saturated heterocycles. The lowest BCUT2D eigenvalue weighted by Crippen LogP contribution is -1.85. The van der Waals surface area contributed by atoms with Gasteiger partial charge in [-0.05, 0) is 13.0 Å². The Morgan fingerprint density at radius 2 is 2.00 bits per heavy atom. The summed E-state index contributed by atoms with van der Waals surface area (Å²) < 4.78 is 12.5. The fraction of sp³-hybridized carbons (Fsp3) is 0.125. The molecule has 0 aliphatic rings. The Morgan fingerprint density at radius 3 is 2.40 bits per heavy atom. The normalized spacial score (nSPS) is 13.1. The van der Waals surface area contributed by atoms with Crippen LogP contribution >= 0.6 is 11.6 Å². The van der Waals surface area contributed by atoms with Gasteiger partial charge < -0.3 is 0 Å². The first-order chi connectivity index (χ1) is 4.72. The third-order valence-electron chi connectivity index (χ3n) is 1.24. The summed E-state index contributed by atoms with van der Waals surface area (Å²) in [6.07, 6.45) is -1.23. The van der Waals surface area contributed by atoms with Crippen molar-refractivity contribution in [3.63, 3.8) is 0 Å². The average molecular weight is 158 g/mol. The van der Waals surface area contributed by atoms with Crippen LogP contribution in [0.5, 0.6) is 0 Å². The molecule has 1 unspecified atom stereocenters. The Kier molecular flexibility index (Phi) is 2.28. The van der Waals surface area contributed by atoms with E-state index in [0.717, 1.165) is 0 Å². The molecular weight excluding hydrogens is 151 g/mol. The zero-order valence-corrected chi connectivity index (χ0v) is 6.11. The molecule has 0 bridgehead atoms. The van der Waals surface area contributed by atoms with E-state index in [9.17, 15) is 4.39 Å². The van der Waals surface area contributed by atoms with E-state index in [1.165, 1.54) is 0 Å². The van der Waals surface area contributed by atoms with Crippen LogP contribution in [0.15, 0.2) is 24.3 Å². The molecular formula is C8H7ClF. The number of alkyl halides is 1. The molecule has 0 heterocycles. The number of hydrogen-bond acceptors (Lipinski definition) is 0. The van der Waals surface area contributed by atoms with Gasteiger partial charge in [0.1, 0.15) is 6.17 Å². The number of hydrogen-bond donors (Lipinski definition) is 0. The van der Waals surface area contributed by atoms with Crippen molar-refractivity contribution in [2.75, 3.05) is 0 Å². The number of rotatable bonds is 1. The third kappa shape index (κ3) is 1.48. The lowest BCUT2D eigenvalue weighted by atomic mass is 10.1. The molecule has 10 heavy (non-hydrogen) atoms. The van der Waals surface area contributed by atoms with Gasteiger partial charge in [0.15, 0.2) is 0 Å². The zero-order valence-electron chi connectivity index (χ0n) is 5.35. The maximum atomic E-state index is 12.5.